The molecule has 0 saturated heterocycles. The largest absolute Gasteiger partial charge is 0.374 e. The lowest BCUT2D eigenvalue weighted by Crippen LogP contribution is -2.25. The quantitative estimate of drug-likeness (QED) is 0.835. The number of rotatable bonds is 7. The standard InChI is InChI=1S/C16H31N3O/c1-12(2)17-9-8-15-13(3)18-19(14(15)4)10-11-20-16(5,6)7/h12,17H,8-11H2,1-7H3. The number of hydrogen-bond acceptors (Lipinski definition) is 3. The number of hydrogen-bond donors (Lipinski definition) is 1. The SMILES string of the molecule is Cc1nn(CCOC(C)(C)C)c(C)c1CCNC(C)C. The van der Waals surface area contributed by atoms with Gasteiger partial charge in [0, 0.05) is 11.7 Å². The molecule has 0 radical (unpaired) electrons. The lowest BCUT2D eigenvalue weighted by atomic mass is 10.1. The van der Waals surface area contributed by atoms with Gasteiger partial charge in [-0.15, -0.1) is 0 Å². The van der Waals surface area contributed by atoms with Crippen molar-refractivity contribution in [2.24, 2.45) is 0 Å². The predicted molar refractivity (Wildman–Crippen MR) is 84.2 cm³/mol. The van der Waals surface area contributed by atoms with Crippen molar-refractivity contribution in [3.63, 3.8) is 0 Å². The van der Waals surface area contributed by atoms with Crippen LogP contribution in [0.25, 0.3) is 0 Å². The minimum atomic E-state index is -0.0832. The van der Waals surface area contributed by atoms with Gasteiger partial charge in [-0.2, -0.15) is 5.10 Å². The molecule has 116 valence electrons. The number of nitrogens with one attached hydrogen (secondary N) is 1. The molecule has 1 aromatic rings. The third kappa shape index (κ3) is 5.63. The van der Waals surface area contributed by atoms with Gasteiger partial charge in [-0.25, -0.2) is 0 Å². The molecule has 0 aromatic carbocycles. The molecule has 1 rings (SSSR count). The fourth-order valence-electron chi connectivity index (χ4n) is 2.24. The smallest absolute Gasteiger partial charge is 0.0669 e. The molecule has 0 bridgehead atoms. The lowest BCUT2D eigenvalue weighted by Gasteiger charge is -2.19. The second-order valence-electron chi connectivity index (χ2n) is 6.69. The van der Waals surface area contributed by atoms with Gasteiger partial charge in [0.05, 0.1) is 24.4 Å². The Labute approximate surface area is 123 Å². The summed E-state index contributed by atoms with van der Waals surface area (Å²) in [7, 11) is 0. The number of ether oxygens (including phenoxy) is 1. The minimum Gasteiger partial charge on any atom is -0.374 e. The molecule has 1 aromatic heterocycles. The van der Waals surface area contributed by atoms with E-state index in [0.29, 0.717) is 12.6 Å². The van der Waals surface area contributed by atoms with Crippen LogP contribution < -0.4 is 5.32 Å². The van der Waals surface area contributed by atoms with Gasteiger partial charge in [0.25, 0.3) is 0 Å². The predicted octanol–water partition coefficient (Wildman–Crippen LogP) is 2.86. The topological polar surface area (TPSA) is 39.1 Å². The molecule has 0 amide bonds. The monoisotopic (exact) mass is 281 g/mol. The molecule has 0 aliphatic heterocycles. The minimum absolute atomic E-state index is 0.0832. The Hall–Kier alpha value is -0.870. The van der Waals surface area contributed by atoms with Gasteiger partial charge in [0.2, 0.25) is 0 Å². The second-order valence-corrected chi connectivity index (χ2v) is 6.69. The number of aromatic nitrogens is 2. The van der Waals surface area contributed by atoms with E-state index in [1.54, 1.807) is 0 Å². The summed E-state index contributed by atoms with van der Waals surface area (Å²) in [5.74, 6) is 0. The highest BCUT2D eigenvalue weighted by Gasteiger charge is 2.13. The summed E-state index contributed by atoms with van der Waals surface area (Å²) < 4.78 is 7.85. The van der Waals surface area contributed by atoms with Gasteiger partial charge in [-0.05, 0) is 53.1 Å². The fraction of sp³-hybridized carbons (Fsp3) is 0.812. The highest BCUT2D eigenvalue weighted by molar-refractivity contribution is 5.24. The Morgan fingerprint density at radius 3 is 2.45 bits per heavy atom. The van der Waals surface area contributed by atoms with Crippen LogP contribution in [0.2, 0.25) is 0 Å². The summed E-state index contributed by atoms with van der Waals surface area (Å²) in [5, 5.41) is 8.10. The molecule has 0 fully saturated rings. The molecule has 0 unspecified atom stereocenters. The van der Waals surface area contributed by atoms with Crippen LogP contribution in [-0.2, 0) is 17.7 Å². The van der Waals surface area contributed by atoms with Crippen molar-refractivity contribution in [3.8, 4) is 0 Å². The van der Waals surface area contributed by atoms with E-state index in [-0.39, 0.29) is 5.60 Å². The zero-order valence-electron chi connectivity index (χ0n) is 14.2. The molecular formula is C16H31N3O. The van der Waals surface area contributed by atoms with Crippen LogP contribution in [0.5, 0.6) is 0 Å². The van der Waals surface area contributed by atoms with E-state index in [0.717, 1.165) is 25.2 Å². The van der Waals surface area contributed by atoms with Gasteiger partial charge in [0.15, 0.2) is 0 Å². The van der Waals surface area contributed by atoms with Crippen LogP contribution in [0, 0.1) is 13.8 Å². The number of nitrogens with zero attached hydrogens (tertiary/aromatic N) is 2. The molecule has 0 spiro atoms. The van der Waals surface area contributed by atoms with Crippen LogP contribution in [0.3, 0.4) is 0 Å². The van der Waals surface area contributed by atoms with Crippen molar-refractivity contribution >= 4 is 0 Å². The maximum atomic E-state index is 5.78. The Morgan fingerprint density at radius 1 is 1.25 bits per heavy atom. The first-order chi connectivity index (χ1) is 9.20. The van der Waals surface area contributed by atoms with Gasteiger partial charge in [-0.3, -0.25) is 4.68 Å². The molecule has 0 atom stereocenters. The summed E-state index contributed by atoms with van der Waals surface area (Å²) >= 11 is 0. The molecule has 20 heavy (non-hydrogen) atoms. The van der Waals surface area contributed by atoms with E-state index in [1.165, 1.54) is 11.3 Å². The summed E-state index contributed by atoms with van der Waals surface area (Å²) in [5.41, 5.74) is 3.70. The molecule has 0 aliphatic rings. The maximum absolute atomic E-state index is 5.78. The molecule has 1 heterocycles. The van der Waals surface area contributed by atoms with Crippen molar-refractivity contribution < 1.29 is 4.74 Å². The Morgan fingerprint density at radius 2 is 1.90 bits per heavy atom. The van der Waals surface area contributed by atoms with Crippen LogP contribution in [0.4, 0.5) is 0 Å². The van der Waals surface area contributed by atoms with Crippen LogP contribution in [0.1, 0.15) is 51.6 Å². The fourth-order valence-corrected chi connectivity index (χ4v) is 2.24. The first-order valence-electron chi connectivity index (χ1n) is 7.61. The third-order valence-corrected chi connectivity index (χ3v) is 3.30. The van der Waals surface area contributed by atoms with Gasteiger partial charge < -0.3 is 10.1 Å². The summed E-state index contributed by atoms with van der Waals surface area (Å²) in [6, 6.07) is 0.533. The zero-order valence-corrected chi connectivity index (χ0v) is 14.2. The Bertz CT molecular complexity index is 416. The van der Waals surface area contributed by atoms with E-state index in [4.69, 9.17) is 4.74 Å². The van der Waals surface area contributed by atoms with Crippen LogP contribution in [0.15, 0.2) is 0 Å². The number of aryl methyl sites for hydroxylation is 1. The highest BCUT2D eigenvalue weighted by atomic mass is 16.5. The van der Waals surface area contributed by atoms with Crippen molar-refractivity contribution in [2.75, 3.05) is 13.2 Å². The maximum Gasteiger partial charge on any atom is 0.0669 e. The van der Waals surface area contributed by atoms with Crippen LogP contribution in [-0.4, -0.2) is 34.6 Å². The first-order valence-corrected chi connectivity index (χ1v) is 7.61. The summed E-state index contributed by atoms with van der Waals surface area (Å²) in [6.07, 6.45) is 1.04. The van der Waals surface area contributed by atoms with Crippen molar-refractivity contribution in [3.05, 3.63) is 17.0 Å². The average molecular weight is 281 g/mol. The Balaban J connectivity index is 2.57. The van der Waals surface area contributed by atoms with E-state index in [2.05, 4.69) is 63.6 Å². The molecule has 4 heteroatoms. The van der Waals surface area contributed by atoms with Gasteiger partial charge in [0.1, 0.15) is 0 Å². The molecule has 4 nitrogen and oxygen atoms in total. The van der Waals surface area contributed by atoms with Crippen LogP contribution >= 0.6 is 0 Å². The Kier molecular flexibility index (Phi) is 6.21. The molecule has 0 saturated carbocycles. The van der Waals surface area contributed by atoms with E-state index < -0.39 is 0 Å². The summed E-state index contributed by atoms with van der Waals surface area (Å²) in [4.78, 5) is 0. The van der Waals surface area contributed by atoms with Gasteiger partial charge in [-0.1, -0.05) is 13.8 Å². The molecule has 0 aliphatic carbocycles. The van der Waals surface area contributed by atoms with Crippen molar-refractivity contribution in [2.45, 2.75) is 73.1 Å². The first kappa shape index (κ1) is 17.2. The normalized spacial score (nSPS) is 12.4. The molecule has 1 N–H and O–H groups in total. The highest BCUT2D eigenvalue weighted by Crippen LogP contribution is 2.14. The third-order valence-electron chi connectivity index (χ3n) is 3.30. The summed E-state index contributed by atoms with van der Waals surface area (Å²) in [6.45, 7) is 17.4. The lowest BCUT2D eigenvalue weighted by molar-refractivity contribution is -0.00810. The van der Waals surface area contributed by atoms with E-state index >= 15 is 0 Å². The second kappa shape index (κ2) is 7.23. The van der Waals surface area contributed by atoms with Gasteiger partial charge >= 0.3 is 0 Å². The van der Waals surface area contributed by atoms with E-state index in [9.17, 15) is 0 Å². The zero-order chi connectivity index (χ0) is 15.3. The van der Waals surface area contributed by atoms with Crippen molar-refractivity contribution in [1.29, 1.82) is 0 Å². The average Bonchev–Trinajstić information content (AvgIpc) is 2.54. The van der Waals surface area contributed by atoms with E-state index in [1.807, 2.05) is 0 Å². The van der Waals surface area contributed by atoms with Crippen molar-refractivity contribution in [1.82, 2.24) is 15.1 Å². The molecular weight excluding hydrogens is 250 g/mol.